The number of nitrogens with one attached hydrogen (secondary N) is 1. The molecule has 0 atom stereocenters. The summed E-state index contributed by atoms with van der Waals surface area (Å²) in [5.74, 6) is -0.866. The van der Waals surface area contributed by atoms with E-state index in [1.807, 2.05) is 0 Å². The molecule has 0 aliphatic heterocycles. The van der Waals surface area contributed by atoms with E-state index < -0.39 is 24.3 Å². The van der Waals surface area contributed by atoms with E-state index in [0.29, 0.717) is 0 Å². The number of rotatable bonds is 2. The molecule has 1 aromatic carbocycles. The van der Waals surface area contributed by atoms with E-state index in [1.54, 1.807) is 0 Å². The highest BCUT2D eigenvalue weighted by molar-refractivity contribution is 5.91. The lowest BCUT2D eigenvalue weighted by Gasteiger charge is -2.08. The van der Waals surface area contributed by atoms with Crippen LogP contribution in [0.25, 0.3) is 0 Å². The monoisotopic (exact) mass is 218 g/mol. The maximum Gasteiger partial charge on any atom is 0.416 e. The van der Waals surface area contributed by atoms with Crippen molar-refractivity contribution < 1.29 is 23.1 Å². The lowest BCUT2D eigenvalue weighted by molar-refractivity contribution is -0.137. The molecule has 1 N–H and O–H groups in total. The summed E-state index contributed by atoms with van der Waals surface area (Å²) < 4.78 is 36.6. The van der Waals surface area contributed by atoms with Gasteiger partial charge in [0.15, 0.2) is 6.61 Å². The highest BCUT2D eigenvalue weighted by Gasteiger charge is 2.30. The molecule has 0 unspecified atom stereocenters. The van der Waals surface area contributed by atoms with E-state index >= 15 is 0 Å². The average molecular weight is 218 g/mol. The minimum absolute atomic E-state index is 0.0364. The van der Waals surface area contributed by atoms with Gasteiger partial charge in [0.25, 0.3) is 5.91 Å². The van der Waals surface area contributed by atoms with E-state index in [2.05, 4.69) is 5.32 Å². The molecule has 0 heterocycles. The van der Waals surface area contributed by atoms with E-state index in [1.165, 1.54) is 6.07 Å². The van der Waals surface area contributed by atoms with Crippen molar-refractivity contribution in [2.75, 3.05) is 11.9 Å². The molecule has 0 fully saturated rings. The molecule has 1 amide bonds. The molecule has 6 heteroatoms. The van der Waals surface area contributed by atoms with Crippen LogP contribution in [0.2, 0.25) is 0 Å². The van der Waals surface area contributed by atoms with Crippen LogP contribution in [-0.2, 0) is 16.1 Å². The molecule has 0 aromatic heterocycles. The molecule has 0 spiro atoms. The lowest BCUT2D eigenvalue weighted by Crippen LogP contribution is -2.15. The number of alkyl halides is 3. The molecule has 1 radical (unpaired) electrons. The Kier molecular flexibility index (Phi) is 3.31. The topological polar surface area (TPSA) is 49.0 Å². The maximum atomic E-state index is 12.2. The van der Waals surface area contributed by atoms with Crippen LogP contribution in [0.5, 0.6) is 0 Å². The van der Waals surface area contributed by atoms with Crippen molar-refractivity contribution in [2.24, 2.45) is 0 Å². The third kappa shape index (κ3) is 3.25. The predicted octanol–water partition coefficient (Wildman–Crippen LogP) is 2.07. The summed E-state index contributed by atoms with van der Waals surface area (Å²) in [7, 11) is 0. The molecule has 1 rings (SSSR count). The Hall–Kier alpha value is -1.56. The zero-order chi connectivity index (χ0) is 11.5. The first kappa shape index (κ1) is 11.5. The number of hydrogen-bond donors (Lipinski definition) is 1. The van der Waals surface area contributed by atoms with Gasteiger partial charge in [-0.3, -0.25) is 4.79 Å². The molecule has 3 nitrogen and oxygen atoms in total. The smallest absolute Gasteiger partial charge is 0.324 e. The Labute approximate surface area is 83.5 Å². The summed E-state index contributed by atoms with van der Waals surface area (Å²) in [5, 5.41) is 12.1. The number of anilines is 1. The average Bonchev–Trinajstić information content (AvgIpc) is 2.17. The molecule has 0 saturated carbocycles. The summed E-state index contributed by atoms with van der Waals surface area (Å²) in [6.45, 7) is -1.02. The van der Waals surface area contributed by atoms with Crippen LogP contribution in [0, 0.1) is 0 Å². The molecule has 0 bridgehead atoms. The number of halogens is 3. The van der Waals surface area contributed by atoms with Gasteiger partial charge in [-0.2, -0.15) is 13.2 Å². The fourth-order valence-electron chi connectivity index (χ4n) is 0.970. The normalized spacial score (nSPS) is 11.2. The first-order valence-electron chi connectivity index (χ1n) is 3.98. The van der Waals surface area contributed by atoms with Gasteiger partial charge in [0, 0.05) is 5.69 Å². The van der Waals surface area contributed by atoms with Crippen molar-refractivity contribution in [1.29, 1.82) is 0 Å². The van der Waals surface area contributed by atoms with Crippen LogP contribution in [0.15, 0.2) is 24.3 Å². The fourth-order valence-corrected chi connectivity index (χ4v) is 0.970. The van der Waals surface area contributed by atoms with Crippen molar-refractivity contribution in [1.82, 2.24) is 0 Å². The van der Waals surface area contributed by atoms with Crippen LogP contribution >= 0.6 is 0 Å². The highest BCUT2D eigenvalue weighted by Crippen LogP contribution is 2.30. The minimum Gasteiger partial charge on any atom is -0.324 e. The Morgan fingerprint density at radius 1 is 1.33 bits per heavy atom. The summed E-state index contributed by atoms with van der Waals surface area (Å²) in [6.07, 6.45) is -4.46. The van der Waals surface area contributed by atoms with Gasteiger partial charge < -0.3 is 5.32 Å². The van der Waals surface area contributed by atoms with Gasteiger partial charge in [-0.15, -0.1) is 0 Å². The Bertz CT molecular complexity index is 363. The molecular formula is C9H7F3NO2. The summed E-state index contributed by atoms with van der Waals surface area (Å²) in [4.78, 5) is 10.6. The van der Waals surface area contributed by atoms with Gasteiger partial charge in [-0.1, -0.05) is 6.07 Å². The van der Waals surface area contributed by atoms with Gasteiger partial charge in [0.1, 0.15) is 0 Å². The van der Waals surface area contributed by atoms with Crippen LogP contribution in [0.3, 0.4) is 0 Å². The second-order valence-electron chi connectivity index (χ2n) is 2.77. The lowest BCUT2D eigenvalue weighted by atomic mass is 10.2. The maximum absolute atomic E-state index is 12.2. The second kappa shape index (κ2) is 4.31. The predicted molar refractivity (Wildman–Crippen MR) is 45.6 cm³/mol. The molecule has 0 aliphatic rings. The van der Waals surface area contributed by atoms with Crippen LogP contribution in [0.4, 0.5) is 18.9 Å². The first-order chi connectivity index (χ1) is 6.93. The van der Waals surface area contributed by atoms with Crippen LogP contribution < -0.4 is 5.32 Å². The van der Waals surface area contributed by atoms with Crippen LogP contribution in [-0.4, -0.2) is 12.5 Å². The highest BCUT2D eigenvalue weighted by atomic mass is 19.4. The van der Waals surface area contributed by atoms with E-state index in [9.17, 15) is 23.1 Å². The number of amides is 1. The molecule has 0 saturated heterocycles. The number of hydrogen-bond acceptors (Lipinski definition) is 1. The Balaban J connectivity index is 2.88. The van der Waals surface area contributed by atoms with Crippen molar-refractivity contribution in [3.05, 3.63) is 29.8 Å². The SMILES string of the molecule is [O]CC(=O)Nc1cccc(C(F)(F)F)c1. The number of carbonyl (C=O) groups is 1. The van der Waals surface area contributed by atoms with Gasteiger partial charge in [0.05, 0.1) is 5.56 Å². The number of carbonyl (C=O) groups excluding carboxylic acids is 1. The van der Waals surface area contributed by atoms with Crippen molar-refractivity contribution in [2.45, 2.75) is 6.18 Å². The standard InChI is InChI=1S/C9H7F3NO2/c10-9(11,12)6-2-1-3-7(4-6)13-8(15)5-14/h1-4H,5H2,(H,13,15). The third-order valence-electron chi connectivity index (χ3n) is 1.60. The number of benzene rings is 1. The zero-order valence-electron chi connectivity index (χ0n) is 7.47. The summed E-state index contributed by atoms with van der Waals surface area (Å²) in [5.41, 5.74) is -0.906. The van der Waals surface area contributed by atoms with Gasteiger partial charge in [-0.25, -0.2) is 5.11 Å². The van der Waals surface area contributed by atoms with Crippen LogP contribution in [0.1, 0.15) is 5.56 Å². The third-order valence-corrected chi connectivity index (χ3v) is 1.60. The van der Waals surface area contributed by atoms with Gasteiger partial charge >= 0.3 is 6.18 Å². The van der Waals surface area contributed by atoms with E-state index in [-0.39, 0.29) is 5.69 Å². The Morgan fingerprint density at radius 2 is 2.00 bits per heavy atom. The Morgan fingerprint density at radius 3 is 2.53 bits per heavy atom. The largest absolute Gasteiger partial charge is 0.416 e. The van der Waals surface area contributed by atoms with Crippen molar-refractivity contribution in [3.8, 4) is 0 Å². The molecule has 15 heavy (non-hydrogen) atoms. The van der Waals surface area contributed by atoms with Crippen molar-refractivity contribution >= 4 is 11.6 Å². The van der Waals surface area contributed by atoms with E-state index in [4.69, 9.17) is 0 Å². The molecule has 1 aromatic rings. The minimum atomic E-state index is -4.46. The quantitative estimate of drug-likeness (QED) is 0.811. The first-order valence-corrected chi connectivity index (χ1v) is 3.98. The zero-order valence-corrected chi connectivity index (χ0v) is 7.47. The van der Waals surface area contributed by atoms with E-state index in [0.717, 1.165) is 18.2 Å². The second-order valence-corrected chi connectivity index (χ2v) is 2.77. The summed E-state index contributed by atoms with van der Waals surface area (Å²) >= 11 is 0. The summed E-state index contributed by atoms with van der Waals surface area (Å²) in [6, 6.07) is 4.09. The fraction of sp³-hybridized carbons (Fsp3) is 0.222. The molecule has 81 valence electrons. The molecule has 0 aliphatic carbocycles. The van der Waals surface area contributed by atoms with Crippen molar-refractivity contribution in [3.63, 3.8) is 0 Å². The van der Waals surface area contributed by atoms with Gasteiger partial charge in [0.2, 0.25) is 0 Å². The van der Waals surface area contributed by atoms with Gasteiger partial charge in [-0.05, 0) is 18.2 Å². The molecular weight excluding hydrogens is 211 g/mol.